The zero-order valence-corrected chi connectivity index (χ0v) is 21.7. The first kappa shape index (κ1) is 26.5. The highest BCUT2D eigenvalue weighted by Crippen LogP contribution is 2.38. The van der Waals surface area contributed by atoms with Crippen LogP contribution in [0.5, 0.6) is 5.75 Å². The first-order valence-corrected chi connectivity index (χ1v) is 12.6. The molecule has 0 unspecified atom stereocenters. The summed E-state index contributed by atoms with van der Waals surface area (Å²) < 4.78 is 55.7. The third-order valence-electron chi connectivity index (χ3n) is 6.86. The number of benzene rings is 2. The van der Waals surface area contributed by atoms with Crippen LogP contribution >= 0.6 is 0 Å². The first-order valence-electron chi connectivity index (χ1n) is 12.6. The average Bonchev–Trinajstić information content (AvgIpc) is 3.25. The van der Waals surface area contributed by atoms with Crippen molar-refractivity contribution in [2.45, 2.75) is 64.6 Å². The third kappa shape index (κ3) is 5.15. The van der Waals surface area contributed by atoms with Crippen LogP contribution in [0.2, 0.25) is 0 Å². The Morgan fingerprint density at radius 2 is 1.72 bits per heavy atom. The second kappa shape index (κ2) is 9.91. The van der Waals surface area contributed by atoms with Gasteiger partial charge in [0.15, 0.2) is 11.6 Å². The number of hydrogen-bond donors (Lipinski definition) is 0. The molecule has 5 rings (SSSR count). The molecular weight excluding hydrogens is 513 g/mol. The Morgan fingerprint density at radius 3 is 2.38 bits per heavy atom. The van der Waals surface area contributed by atoms with Crippen molar-refractivity contribution >= 4 is 12.1 Å². The maximum Gasteiger partial charge on any atom is 0.410 e. The summed E-state index contributed by atoms with van der Waals surface area (Å²) in [6.07, 6.45) is 1.75. The quantitative estimate of drug-likeness (QED) is 0.380. The highest BCUT2D eigenvalue weighted by molar-refractivity contribution is 5.92. The molecule has 2 aliphatic rings. The number of esters is 1. The van der Waals surface area contributed by atoms with Gasteiger partial charge in [-0.2, -0.15) is 0 Å². The standard InChI is InChI=1S/C29H27F3N2O5/c1-29(2,3)39-28(37)33-14-17-10-11-19(25(31)20(17)15-33)27(36)38-18-12-23(16-6-4-7-16)34(24(35)13-18)22-9-5-8-21(30)26(22)32/h5,8-13,16H,4,6-7,14-15H2,1-3H3. The van der Waals surface area contributed by atoms with Crippen LogP contribution in [0.3, 0.4) is 0 Å². The molecule has 204 valence electrons. The maximum absolute atomic E-state index is 15.4. The summed E-state index contributed by atoms with van der Waals surface area (Å²) in [6, 6.07) is 8.80. The molecule has 10 heteroatoms. The number of nitrogens with zero attached hydrogens (tertiary/aromatic N) is 2. The molecule has 1 aliphatic heterocycles. The molecular formula is C29H27F3N2O5. The van der Waals surface area contributed by atoms with Gasteiger partial charge in [-0.15, -0.1) is 0 Å². The topological polar surface area (TPSA) is 77.8 Å². The van der Waals surface area contributed by atoms with E-state index in [-0.39, 0.29) is 41.6 Å². The number of pyridine rings is 1. The van der Waals surface area contributed by atoms with Gasteiger partial charge >= 0.3 is 12.1 Å². The number of fused-ring (bicyclic) bond motifs is 1. The monoisotopic (exact) mass is 540 g/mol. The Bertz CT molecular complexity index is 1540. The van der Waals surface area contributed by atoms with E-state index in [0.717, 1.165) is 36.0 Å². The van der Waals surface area contributed by atoms with E-state index in [2.05, 4.69) is 0 Å². The lowest BCUT2D eigenvalue weighted by Gasteiger charge is -2.29. The van der Waals surface area contributed by atoms with E-state index >= 15 is 4.39 Å². The largest absolute Gasteiger partial charge is 0.444 e. The number of carbonyl (C=O) groups excluding carboxylic acids is 2. The average molecular weight is 541 g/mol. The summed E-state index contributed by atoms with van der Waals surface area (Å²) in [5.74, 6) is -4.35. The van der Waals surface area contributed by atoms with Crippen LogP contribution in [0.15, 0.2) is 47.3 Å². The van der Waals surface area contributed by atoms with Crippen molar-refractivity contribution in [1.82, 2.24) is 9.47 Å². The van der Waals surface area contributed by atoms with E-state index in [1.165, 1.54) is 29.2 Å². The zero-order valence-electron chi connectivity index (χ0n) is 21.7. The van der Waals surface area contributed by atoms with E-state index < -0.39 is 40.7 Å². The molecule has 7 nitrogen and oxygen atoms in total. The summed E-state index contributed by atoms with van der Waals surface area (Å²) in [4.78, 5) is 39.8. The van der Waals surface area contributed by atoms with Gasteiger partial charge in [0.1, 0.15) is 17.2 Å². The van der Waals surface area contributed by atoms with Crippen LogP contribution in [0.4, 0.5) is 18.0 Å². The Labute approximate surface area is 222 Å². The minimum atomic E-state index is -1.16. The van der Waals surface area contributed by atoms with Crippen LogP contribution in [0.25, 0.3) is 5.69 Å². The van der Waals surface area contributed by atoms with Gasteiger partial charge in [0.25, 0.3) is 5.56 Å². The lowest BCUT2D eigenvalue weighted by molar-refractivity contribution is 0.0241. The molecule has 2 heterocycles. The molecule has 0 bridgehead atoms. The smallest absolute Gasteiger partial charge is 0.410 e. The summed E-state index contributed by atoms with van der Waals surface area (Å²) >= 11 is 0. The van der Waals surface area contributed by atoms with E-state index in [1.54, 1.807) is 26.8 Å². The van der Waals surface area contributed by atoms with Crippen molar-refractivity contribution in [3.8, 4) is 11.4 Å². The highest BCUT2D eigenvalue weighted by atomic mass is 19.2. The molecule has 1 amide bonds. The molecule has 1 aromatic heterocycles. The zero-order chi connectivity index (χ0) is 28.1. The molecule has 0 atom stereocenters. The SMILES string of the molecule is CC(C)(C)OC(=O)N1Cc2ccc(C(=O)Oc3cc(C4CCC4)n(-c4cccc(F)c4F)c(=O)c3)c(F)c2C1. The van der Waals surface area contributed by atoms with Crippen LogP contribution in [0, 0.1) is 17.5 Å². The van der Waals surface area contributed by atoms with Gasteiger partial charge in [0.05, 0.1) is 17.8 Å². The highest BCUT2D eigenvalue weighted by Gasteiger charge is 2.32. The fourth-order valence-corrected chi connectivity index (χ4v) is 4.76. The molecule has 0 radical (unpaired) electrons. The fourth-order valence-electron chi connectivity index (χ4n) is 4.76. The molecule has 1 saturated carbocycles. The lowest BCUT2D eigenvalue weighted by atomic mass is 9.82. The van der Waals surface area contributed by atoms with E-state index in [0.29, 0.717) is 11.3 Å². The van der Waals surface area contributed by atoms with Gasteiger partial charge in [-0.1, -0.05) is 18.6 Å². The van der Waals surface area contributed by atoms with Gasteiger partial charge in [0.2, 0.25) is 0 Å². The lowest BCUT2D eigenvalue weighted by Crippen LogP contribution is -2.33. The molecule has 3 aromatic rings. The summed E-state index contributed by atoms with van der Waals surface area (Å²) in [5.41, 5.74) is -0.918. The number of carbonyl (C=O) groups is 2. The molecule has 0 N–H and O–H groups in total. The summed E-state index contributed by atoms with van der Waals surface area (Å²) in [7, 11) is 0. The minimum absolute atomic E-state index is 0.0712. The Balaban J connectivity index is 1.42. The van der Waals surface area contributed by atoms with Crippen LogP contribution in [-0.4, -0.2) is 27.1 Å². The Kier molecular flexibility index (Phi) is 6.74. The van der Waals surface area contributed by atoms with Crippen LogP contribution in [0.1, 0.15) is 73.1 Å². The molecule has 2 aromatic carbocycles. The summed E-state index contributed by atoms with van der Waals surface area (Å²) in [6.45, 7) is 5.25. The first-order chi connectivity index (χ1) is 18.4. The van der Waals surface area contributed by atoms with Crippen molar-refractivity contribution in [2.24, 2.45) is 0 Å². The molecule has 0 saturated heterocycles. The third-order valence-corrected chi connectivity index (χ3v) is 6.86. The van der Waals surface area contributed by atoms with Crippen molar-refractivity contribution < 1.29 is 32.2 Å². The summed E-state index contributed by atoms with van der Waals surface area (Å²) in [5, 5.41) is 0. The van der Waals surface area contributed by atoms with E-state index in [1.807, 2.05) is 0 Å². The van der Waals surface area contributed by atoms with Crippen LogP contribution < -0.4 is 10.3 Å². The van der Waals surface area contributed by atoms with Gasteiger partial charge < -0.3 is 9.47 Å². The van der Waals surface area contributed by atoms with E-state index in [9.17, 15) is 23.2 Å². The molecule has 1 fully saturated rings. The number of ether oxygens (including phenoxy) is 2. The maximum atomic E-state index is 15.4. The van der Waals surface area contributed by atoms with Gasteiger partial charge in [-0.05, 0) is 63.3 Å². The van der Waals surface area contributed by atoms with Crippen LogP contribution in [-0.2, 0) is 17.8 Å². The van der Waals surface area contributed by atoms with Crippen molar-refractivity contribution in [2.75, 3.05) is 0 Å². The molecule has 1 aliphatic carbocycles. The van der Waals surface area contributed by atoms with E-state index in [4.69, 9.17) is 9.47 Å². The predicted molar refractivity (Wildman–Crippen MR) is 135 cm³/mol. The molecule has 0 spiro atoms. The second-order valence-electron chi connectivity index (χ2n) is 10.8. The van der Waals surface area contributed by atoms with Crippen molar-refractivity contribution in [1.29, 1.82) is 0 Å². The number of halogens is 3. The number of hydrogen-bond acceptors (Lipinski definition) is 5. The molecule has 39 heavy (non-hydrogen) atoms. The Morgan fingerprint density at radius 1 is 0.974 bits per heavy atom. The minimum Gasteiger partial charge on any atom is -0.444 e. The normalized spacial score (nSPS) is 15.1. The van der Waals surface area contributed by atoms with Crippen molar-refractivity contribution in [3.05, 3.63) is 92.7 Å². The predicted octanol–water partition coefficient (Wildman–Crippen LogP) is 5.99. The van der Waals surface area contributed by atoms with Gasteiger partial charge in [-0.25, -0.2) is 22.8 Å². The van der Waals surface area contributed by atoms with Gasteiger partial charge in [0, 0.05) is 29.9 Å². The van der Waals surface area contributed by atoms with Gasteiger partial charge in [-0.3, -0.25) is 14.3 Å². The fraction of sp³-hybridized carbons (Fsp3) is 0.345. The number of aromatic nitrogens is 1. The number of rotatable bonds is 4. The second-order valence-corrected chi connectivity index (χ2v) is 10.8. The number of amides is 1. The van der Waals surface area contributed by atoms with Crippen molar-refractivity contribution in [3.63, 3.8) is 0 Å². The Hall–Kier alpha value is -4.08.